The molecule has 4 nitrogen and oxygen atoms in total. The lowest BCUT2D eigenvalue weighted by atomic mass is 10.2. The molecule has 0 amide bonds. The normalized spacial score (nSPS) is 12.9. The van der Waals surface area contributed by atoms with E-state index in [2.05, 4.69) is 5.10 Å². The molecule has 0 saturated heterocycles. The smallest absolute Gasteiger partial charge is 0.361 e. The highest BCUT2D eigenvalue weighted by atomic mass is 19.1. The molecule has 1 heterocycles. The maximum atomic E-state index is 13.0. The number of rotatable bonds is 2. The van der Waals surface area contributed by atoms with Gasteiger partial charge in [-0.05, 0) is 26.3 Å². The van der Waals surface area contributed by atoms with Crippen LogP contribution in [0.4, 0.5) is 4.39 Å². The van der Waals surface area contributed by atoms with Crippen LogP contribution in [-0.4, -0.2) is 20.9 Å². The first-order chi connectivity index (χ1) is 5.95. The Balaban J connectivity index is 3.15. The standard InChI is InChI=1S/C8H11FN2O2/c1-4-5(2)10-11(6(4)3)7(9)8(12)13/h7H,1-3H3,(H,12,13). The lowest BCUT2D eigenvalue weighted by molar-refractivity contribution is -0.147. The van der Waals surface area contributed by atoms with Gasteiger partial charge in [-0.1, -0.05) is 0 Å². The number of aliphatic carboxylic acids is 1. The molecule has 13 heavy (non-hydrogen) atoms. The molecular weight excluding hydrogens is 175 g/mol. The number of carboxylic acids is 1. The Morgan fingerprint density at radius 3 is 2.38 bits per heavy atom. The zero-order valence-corrected chi connectivity index (χ0v) is 7.71. The van der Waals surface area contributed by atoms with Crippen molar-refractivity contribution in [2.45, 2.75) is 27.1 Å². The molecule has 0 radical (unpaired) electrons. The Bertz CT molecular complexity index is 346. The molecule has 0 aromatic carbocycles. The zero-order chi connectivity index (χ0) is 10.2. The van der Waals surface area contributed by atoms with Gasteiger partial charge >= 0.3 is 5.97 Å². The van der Waals surface area contributed by atoms with Crippen LogP contribution in [0, 0.1) is 20.8 Å². The van der Waals surface area contributed by atoms with E-state index in [-0.39, 0.29) is 0 Å². The Kier molecular flexibility index (Phi) is 2.36. The third kappa shape index (κ3) is 1.54. The van der Waals surface area contributed by atoms with Crippen LogP contribution in [0.15, 0.2) is 0 Å². The van der Waals surface area contributed by atoms with Crippen LogP contribution in [0.2, 0.25) is 0 Å². The van der Waals surface area contributed by atoms with Crippen LogP contribution in [0.25, 0.3) is 0 Å². The highest BCUT2D eigenvalue weighted by Gasteiger charge is 2.22. The van der Waals surface area contributed by atoms with Crippen LogP contribution >= 0.6 is 0 Å². The molecule has 1 aromatic rings. The number of hydrogen-bond donors (Lipinski definition) is 1. The summed E-state index contributed by atoms with van der Waals surface area (Å²) in [6.45, 7) is 5.14. The van der Waals surface area contributed by atoms with E-state index in [1.54, 1.807) is 20.8 Å². The Hall–Kier alpha value is -1.39. The van der Waals surface area contributed by atoms with E-state index in [9.17, 15) is 9.18 Å². The van der Waals surface area contributed by atoms with E-state index in [4.69, 9.17) is 5.11 Å². The molecule has 1 aromatic heterocycles. The lowest BCUT2D eigenvalue weighted by Crippen LogP contribution is -2.16. The van der Waals surface area contributed by atoms with Gasteiger partial charge in [-0.3, -0.25) is 0 Å². The fourth-order valence-electron chi connectivity index (χ4n) is 1.07. The predicted octanol–water partition coefficient (Wildman–Crippen LogP) is 1.36. The first-order valence-electron chi connectivity index (χ1n) is 3.84. The predicted molar refractivity (Wildman–Crippen MR) is 44.2 cm³/mol. The van der Waals surface area contributed by atoms with Crippen molar-refractivity contribution in [3.05, 3.63) is 17.0 Å². The van der Waals surface area contributed by atoms with Crippen molar-refractivity contribution in [2.75, 3.05) is 0 Å². The third-order valence-corrected chi connectivity index (χ3v) is 2.11. The van der Waals surface area contributed by atoms with Gasteiger partial charge in [-0.15, -0.1) is 0 Å². The zero-order valence-electron chi connectivity index (χ0n) is 7.71. The van der Waals surface area contributed by atoms with E-state index < -0.39 is 12.3 Å². The summed E-state index contributed by atoms with van der Waals surface area (Å²) in [5, 5.41) is 12.2. The average Bonchev–Trinajstić information content (AvgIpc) is 2.31. The van der Waals surface area contributed by atoms with Crippen molar-refractivity contribution in [2.24, 2.45) is 0 Å². The molecule has 1 unspecified atom stereocenters. The van der Waals surface area contributed by atoms with Gasteiger partial charge in [0.2, 0.25) is 0 Å². The molecule has 0 aliphatic rings. The third-order valence-electron chi connectivity index (χ3n) is 2.11. The first-order valence-corrected chi connectivity index (χ1v) is 3.84. The molecular formula is C8H11FN2O2. The highest BCUT2D eigenvalue weighted by molar-refractivity contribution is 5.70. The number of carboxylic acid groups (broad SMARTS) is 1. The van der Waals surface area contributed by atoms with Crippen molar-refractivity contribution >= 4 is 5.97 Å². The number of aryl methyl sites for hydroxylation is 1. The highest BCUT2D eigenvalue weighted by Crippen LogP contribution is 2.17. The summed E-state index contributed by atoms with van der Waals surface area (Å²) in [5.41, 5.74) is 2.03. The second kappa shape index (κ2) is 3.16. The second-order valence-corrected chi connectivity index (χ2v) is 2.91. The molecule has 5 heteroatoms. The quantitative estimate of drug-likeness (QED) is 0.758. The minimum absolute atomic E-state index is 0.549. The molecule has 1 rings (SSSR count). The van der Waals surface area contributed by atoms with Crippen LogP contribution in [0.3, 0.4) is 0 Å². The summed E-state index contributed by atoms with van der Waals surface area (Å²) in [5.74, 6) is -1.52. The van der Waals surface area contributed by atoms with Gasteiger partial charge in [0.05, 0.1) is 5.69 Å². The number of alkyl halides is 1. The number of carbonyl (C=O) groups is 1. The molecule has 0 aliphatic heterocycles. The molecule has 0 saturated carbocycles. The molecule has 0 bridgehead atoms. The molecule has 0 spiro atoms. The van der Waals surface area contributed by atoms with E-state index in [0.29, 0.717) is 11.4 Å². The lowest BCUT2D eigenvalue weighted by Gasteiger charge is -2.05. The topological polar surface area (TPSA) is 55.1 Å². The molecule has 0 aliphatic carbocycles. The van der Waals surface area contributed by atoms with Gasteiger partial charge in [0.15, 0.2) is 0 Å². The first kappa shape index (κ1) is 9.70. The fourth-order valence-corrected chi connectivity index (χ4v) is 1.07. The largest absolute Gasteiger partial charge is 0.478 e. The number of halogens is 1. The monoisotopic (exact) mass is 186 g/mol. The van der Waals surface area contributed by atoms with Crippen LogP contribution in [0.1, 0.15) is 23.2 Å². The molecule has 0 fully saturated rings. The summed E-state index contributed by atoms with van der Waals surface area (Å²) in [7, 11) is 0. The minimum Gasteiger partial charge on any atom is -0.478 e. The summed E-state index contributed by atoms with van der Waals surface area (Å²) in [6.07, 6.45) is -2.09. The van der Waals surface area contributed by atoms with Gasteiger partial charge in [0.1, 0.15) is 0 Å². The number of nitrogens with zero attached hydrogens (tertiary/aromatic N) is 2. The molecule has 1 atom stereocenters. The van der Waals surface area contributed by atoms with Crippen LogP contribution in [-0.2, 0) is 4.79 Å². The summed E-state index contributed by atoms with van der Waals surface area (Å²) in [6, 6.07) is 0. The second-order valence-electron chi connectivity index (χ2n) is 2.91. The summed E-state index contributed by atoms with van der Waals surface area (Å²) >= 11 is 0. The number of hydrogen-bond acceptors (Lipinski definition) is 2. The van der Waals surface area contributed by atoms with E-state index in [0.717, 1.165) is 10.2 Å². The minimum atomic E-state index is -2.09. The van der Waals surface area contributed by atoms with Gasteiger partial charge < -0.3 is 5.11 Å². The van der Waals surface area contributed by atoms with E-state index in [1.165, 1.54) is 0 Å². The van der Waals surface area contributed by atoms with E-state index in [1.807, 2.05) is 0 Å². The van der Waals surface area contributed by atoms with Crippen molar-refractivity contribution in [1.82, 2.24) is 9.78 Å². The van der Waals surface area contributed by atoms with Crippen molar-refractivity contribution in [1.29, 1.82) is 0 Å². The maximum Gasteiger partial charge on any atom is 0.361 e. The maximum absolute atomic E-state index is 13.0. The van der Waals surface area contributed by atoms with Crippen molar-refractivity contribution in [3.63, 3.8) is 0 Å². The summed E-state index contributed by atoms with van der Waals surface area (Å²) in [4.78, 5) is 10.3. The van der Waals surface area contributed by atoms with Gasteiger partial charge in [0.25, 0.3) is 6.30 Å². The van der Waals surface area contributed by atoms with Crippen LogP contribution < -0.4 is 0 Å². The van der Waals surface area contributed by atoms with Crippen LogP contribution in [0.5, 0.6) is 0 Å². The summed E-state index contributed by atoms with van der Waals surface area (Å²) < 4.78 is 13.9. The average molecular weight is 186 g/mol. The SMILES string of the molecule is Cc1nn(C(F)C(=O)O)c(C)c1C. The van der Waals surface area contributed by atoms with Gasteiger partial charge in [-0.25, -0.2) is 13.9 Å². The number of aromatic nitrogens is 2. The van der Waals surface area contributed by atoms with Crippen molar-refractivity contribution < 1.29 is 14.3 Å². The van der Waals surface area contributed by atoms with Gasteiger partial charge in [0, 0.05) is 5.69 Å². The molecule has 72 valence electrons. The Morgan fingerprint density at radius 1 is 1.54 bits per heavy atom. The van der Waals surface area contributed by atoms with Gasteiger partial charge in [-0.2, -0.15) is 5.10 Å². The van der Waals surface area contributed by atoms with E-state index >= 15 is 0 Å². The fraction of sp³-hybridized carbons (Fsp3) is 0.500. The Morgan fingerprint density at radius 2 is 2.08 bits per heavy atom. The molecule has 1 N–H and O–H groups in total. The van der Waals surface area contributed by atoms with Crippen molar-refractivity contribution in [3.8, 4) is 0 Å². The Labute approximate surface area is 75.0 Å².